The highest BCUT2D eigenvalue weighted by atomic mass is 35.5. The molecule has 0 aliphatic heterocycles. The van der Waals surface area contributed by atoms with Crippen LogP contribution in [0.25, 0.3) is 0 Å². The molecule has 0 atom stereocenters. The largest absolute Gasteiger partial charge is 0.314 e. The van der Waals surface area contributed by atoms with Gasteiger partial charge in [0.25, 0.3) is 0 Å². The Bertz CT molecular complexity index is 137. The molecule has 0 bridgehead atoms. The van der Waals surface area contributed by atoms with Gasteiger partial charge in [-0.05, 0) is 51.0 Å². The van der Waals surface area contributed by atoms with E-state index in [0.717, 1.165) is 12.0 Å². The quantitative estimate of drug-likeness (QED) is 0.670. The predicted molar refractivity (Wildman–Crippen MR) is 52.6 cm³/mol. The first-order valence-electron chi connectivity index (χ1n) is 5.22. The number of hydrogen-bond donors (Lipinski definition) is 1. The molecule has 2 aliphatic carbocycles. The predicted octanol–water partition coefficient (Wildman–Crippen LogP) is 2.54. The summed E-state index contributed by atoms with van der Waals surface area (Å²) in [6, 6.07) is 0.778. The van der Waals surface area contributed by atoms with Gasteiger partial charge in [0.15, 0.2) is 0 Å². The molecule has 0 aromatic heterocycles. The van der Waals surface area contributed by atoms with E-state index in [1.54, 1.807) is 0 Å². The minimum absolute atomic E-state index is 0.462. The van der Waals surface area contributed by atoms with Crippen molar-refractivity contribution in [2.45, 2.75) is 49.9 Å². The highest BCUT2D eigenvalue weighted by Gasteiger charge is 2.24. The van der Waals surface area contributed by atoms with Crippen molar-refractivity contribution >= 4 is 11.6 Å². The van der Waals surface area contributed by atoms with E-state index in [-0.39, 0.29) is 0 Å². The maximum Gasteiger partial charge on any atom is 0.0337 e. The van der Waals surface area contributed by atoms with Crippen LogP contribution < -0.4 is 5.32 Å². The van der Waals surface area contributed by atoms with Crippen molar-refractivity contribution in [3.8, 4) is 0 Å². The maximum absolute atomic E-state index is 6.03. The van der Waals surface area contributed by atoms with E-state index in [2.05, 4.69) is 5.32 Å². The second-order valence-corrected chi connectivity index (χ2v) is 4.92. The Morgan fingerprint density at radius 3 is 2.25 bits per heavy atom. The van der Waals surface area contributed by atoms with E-state index in [0.29, 0.717) is 5.38 Å². The Morgan fingerprint density at radius 1 is 1.00 bits per heavy atom. The second-order valence-electron chi connectivity index (χ2n) is 4.30. The van der Waals surface area contributed by atoms with E-state index < -0.39 is 0 Å². The van der Waals surface area contributed by atoms with E-state index >= 15 is 0 Å². The molecule has 0 radical (unpaired) electrons. The van der Waals surface area contributed by atoms with Gasteiger partial charge in [0, 0.05) is 11.4 Å². The summed E-state index contributed by atoms with van der Waals surface area (Å²) < 4.78 is 0. The van der Waals surface area contributed by atoms with Gasteiger partial charge < -0.3 is 5.32 Å². The van der Waals surface area contributed by atoms with Crippen LogP contribution in [-0.4, -0.2) is 18.0 Å². The SMILES string of the molecule is ClC1CCC(NCC2CC2)CC1. The van der Waals surface area contributed by atoms with E-state index in [1.807, 2.05) is 0 Å². The summed E-state index contributed by atoms with van der Waals surface area (Å²) in [5, 5.41) is 4.11. The topological polar surface area (TPSA) is 12.0 Å². The smallest absolute Gasteiger partial charge is 0.0337 e. The van der Waals surface area contributed by atoms with Gasteiger partial charge in [-0.3, -0.25) is 0 Å². The van der Waals surface area contributed by atoms with E-state index in [1.165, 1.54) is 45.1 Å². The molecule has 0 saturated heterocycles. The molecular weight excluding hydrogens is 170 g/mol. The number of rotatable bonds is 3. The van der Waals surface area contributed by atoms with Crippen molar-refractivity contribution < 1.29 is 0 Å². The molecule has 1 nitrogen and oxygen atoms in total. The third-order valence-electron chi connectivity index (χ3n) is 3.05. The molecule has 0 aromatic carbocycles. The molecule has 2 fully saturated rings. The van der Waals surface area contributed by atoms with Gasteiger partial charge in [0.1, 0.15) is 0 Å². The fraction of sp³-hybridized carbons (Fsp3) is 1.00. The lowest BCUT2D eigenvalue weighted by Gasteiger charge is -2.25. The monoisotopic (exact) mass is 187 g/mol. The number of alkyl halides is 1. The van der Waals surface area contributed by atoms with E-state index in [4.69, 9.17) is 11.6 Å². The molecule has 12 heavy (non-hydrogen) atoms. The molecule has 2 heteroatoms. The highest BCUT2D eigenvalue weighted by Crippen LogP contribution is 2.29. The third-order valence-corrected chi connectivity index (χ3v) is 3.49. The molecule has 0 amide bonds. The summed E-state index contributed by atoms with van der Waals surface area (Å²) in [6.45, 7) is 1.26. The minimum Gasteiger partial charge on any atom is -0.314 e. The highest BCUT2D eigenvalue weighted by molar-refractivity contribution is 6.20. The van der Waals surface area contributed by atoms with E-state index in [9.17, 15) is 0 Å². The molecule has 2 aliphatic rings. The minimum atomic E-state index is 0.462. The van der Waals surface area contributed by atoms with Crippen molar-refractivity contribution in [1.29, 1.82) is 0 Å². The first kappa shape index (κ1) is 8.83. The van der Waals surface area contributed by atoms with Crippen molar-refractivity contribution in [3.05, 3.63) is 0 Å². The van der Waals surface area contributed by atoms with Crippen LogP contribution >= 0.6 is 11.6 Å². The zero-order valence-electron chi connectivity index (χ0n) is 7.56. The van der Waals surface area contributed by atoms with Crippen LogP contribution in [0, 0.1) is 5.92 Å². The first-order valence-corrected chi connectivity index (χ1v) is 5.65. The molecule has 1 N–H and O–H groups in total. The van der Waals surface area contributed by atoms with Crippen LogP contribution in [0.5, 0.6) is 0 Å². The zero-order valence-corrected chi connectivity index (χ0v) is 8.32. The zero-order chi connectivity index (χ0) is 8.39. The molecule has 2 rings (SSSR count). The Morgan fingerprint density at radius 2 is 1.67 bits per heavy atom. The summed E-state index contributed by atoms with van der Waals surface area (Å²) in [4.78, 5) is 0. The number of hydrogen-bond acceptors (Lipinski definition) is 1. The summed E-state index contributed by atoms with van der Waals surface area (Å²) >= 11 is 6.03. The number of nitrogens with one attached hydrogen (secondary N) is 1. The van der Waals surface area contributed by atoms with Gasteiger partial charge in [0.05, 0.1) is 0 Å². The molecule has 0 spiro atoms. The Kier molecular flexibility index (Phi) is 2.92. The first-order chi connectivity index (χ1) is 5.84. The van der Waals surface area contributed by atoms with Gasteiger partial charge in [-0.15, -0.1) is 11.6 Å². The lowest BCUT2D eigenvalue weighted by Crippen LogP contribution is -2.34. The van der Waals surface area contributed by atoms with Gasteiger partial charge in [-0.2, -0.15) is 0 Å². The third kappa shape index (κ3) is 2.63. The van der Waals surface area contributed by atoms with Gasteiger partial charge in [-0.1, -0.05) is 0 Å². The summed E-state index contributed by atoms with van der Waals surface area (Å²) in [6.07, 6.45) is 7.92. The van der Waals surface area contributed by atoms with Crippen LogP contribution in [0.1, 0.15) is 38.5 Å². The average Bonchev–Trinajstić information content (AvgIpc) is 2.87. The summed E-state index contributed by atoms with van der Waals surface area (Å²) in [5.74, 6) is 1.01. The van der Waals surface area contributed by atoms with Gasteiger partial charge >= 0.3 is 0 Å². The van der Waals surface area contributed by atoms with Gasteiger partial charge in [0.2, 0.25) is 0 Å². The van der Waals surface area contributed by atoms with Crippen molar-refractivity contribution in [1.82, 2.24) is 5.32 Å². The van der Waals surface area contributed by atoms with Crippen molar-refractivity contribution in [2.75, 3.05) is 6.54 Å². The molecule has 2 saturated carbocycles. The standard InChI is InChI=1S/C10H18ClN/c11-9-3-5-10(6-4-9)12-7-8-1-2-8/h8-10,12H,1-7H2. The molecule has 0 unspecified atom stereocenters. The van der Waals surface area contributed by atoms with Crippen molar-refractivity contribution in [2.24, 2.45) is 5.92 Å². The fourth-order valence-corrected chi connectivity index (χ4v) is 2.16. The second kappa shape index (κ2) is 3.97. The van der Waals surface area contributed by atoms with Crippen molar-refractivity contribution in [3.63, 3.8) is 0 Å². The van der Waals surface area contributed by atoms with Crippen LogP contribution in [0.3, 0.4) is 0 Å². The molecule has 0 heterocycles. The molecule has 70 valence electrons. The number of halogens is 1. The normalized spacial score (nSPS) is 36.8. The fourth-order valence-electron chi connectivity index (χ4n) is 1.91. The van der Waals surface area contributed by atoms with Crippen LogP contribution in [0.15, 0.2) is 0 Å². The van der Waals surface area contributed by atoms with Crippen LogP contribution in [0.2, 0.25) is 0 Å². The average molecular weight is 188 g/mol. The van der Waals surface area contributed by atoms with Gasteiger partial charge in [-0.25, -0.2) is 0 Å². The van der Waals surface area contributed by atoms with Crippen LogP contribution in [0.4, 0.5) is 0 Å². The maximum atomic E-state index is 6.03. The lowest BCUT2D eigenvalue weighted by molar-refractivity contribution is 0.373. The lowest BCUT2D eigenvalue weighted by atomic mass is 9.95. The summed E-state index contributed by atoms with van der Waals surface area (Å²) in [7, 11) is 0. The van der Waals surface area contributed by atoms with Crippen LogP contribution in [-0.2, 0) is 0 Å². The molecule has 0 aromatic rings. The summed E-state index contributed by atoms with van der Waals surface area (Å²) in [5.41, 5.74) is 0. The Labute approximate surface area is 79.9 Å². The molecular formula is C10H18ClN. The Balaban J connectivity index is 1.60. The Hall–Kier alpha value is 0.250.